The van der Waals surface area contributed by atoms with E-state index in [1.807, 2.05) is 12.1 Å². The van der Waals surface area contributed by atoms with Gasteiger partial charge in [0.25, 0.3) is 0 Å². The third kappa shape index (κ3) is 3.53. The van der Waals surface area contributed by atoms with E-state index >= 15 is 0 Å². The fraction of sp³-hybridized carbons (Fsp3) is 0.250. The van der Waals surface area contributed by atoms with E-state index in [0.29, 0.717) is 6.61 Å². The second-order valence-electron chi connectivity index (χ2n) is 2.24. The van der Waals surface area contributed by atoms with Gasteiger partial charge in [0.2, 0.25) is 0 Å². The van der Waals surface area contributed by atoms with Crippen LogP contribution in [-0.4, -0.2) is 11.9 Å². The minimum absolute atomic E-state index is 0.652. The second-order valence-corrected chi connectivity index (χ2v) is 5.65. The molecule has 0 heterocycles. The SMILES string of the molecule is BrCCOc1c(Br)cc(Br)cc1Br. The Morgan fingerprint density at radius 2 is 1.62 bits per heavy atom. The summed E-state index contributed by atoms with van der Waals surface area (Å²) in [6.07, 6.45) is 0. The number of hydrogen-bond donors (Lipinski definition) is 0. The Morgan fingerprint density at radius 1 is 1.08 bits per heavy atom. The maximum atomic E-state index is 5.51. The molecule has 0 saturated carbocycles. The fourth-order valence-electron chi connectivity index (χ4n) is 0.807. The van der Waals surface area contributed by atoms with Crippen LogP contribution in [0.1, 0.15) is 0 Å². The first-order valence-corrected chi connectivity index (χ1v) is 6.98. The lowest BCUT2D eigenvalue weighted by Crippen LogP contribution is -1.99. The van der Waals surface area contributed by atoms with E-state index in [9.17, 15) is 0 Å². The van der Waals surface area contributed by atoms with Crippen LogP contribution in [-0.2, 0) is 0 Å². The van der Waals surface area contributed by atoms with Crippen molar-refractivity contribution in [1.29, 1.82) is 0 Å². The Bertz CT molecular complexity index is 277. The van der Waals surface area contributed by atoms with Gasteiger partial charge >= 0.3 is 0 Å². The van der Waals surface area contributed by atoms with Gasteiger partial charge in [0.05, 0.1) is 15.6 Å². The molecule has 1 rings (SSSR count). The van der Waals surface area contributed by atoms with Gasteiger partial charge < -0.3 is 4.74 Å². The van der Waals surface area contributed by atoms with Gasteiger partial charge in [-0.25, -0.2) is 0 Å². The third-order valence-corrected chi connectivity index (χ3v) is 3.25. The normalized spacial score (nSPS) is 10.2. The number of rotatable bonds is 3. The van der Waals surface area contributed by atoms with Crippen LogP contribution in [0, 0.1) is 0 Å². The minimum atomic E-state index is 0.652. The maximum Gasteiger partial charge on any atom is 0.147 e. The zero-order valence-electron chi connectivity index (χ0n) is 6.49. The molecule has 0 fully saturated rings. The topological polar surface area (TPSA) is 9.23 Å². The Morgan fingerprint density at radius 3 is 2.08 bits per heavy atom. The largest absolute Gasteiger partial charge is 0.490 e. The highest BCUT2D eigenvalue weighted by atomic mass is 79.9. The number of alkyl halides is 1. The molecule has 0 N–H and O–H groups in total. The number of halogens is 4. The molecule has 13 heavy (non-hydrogen) atoms. The van der Waals surface area contributed by atoms with Crippen molar-refractivity contribution in [2.45, 2.75) is 0 Å². The predicted molar refractivity (Wildman–Crippen MR) is 68.8 cm³/mol. The van der Waals surface area contributed by atoms with Crippen LogP contribution >= 0.6 is 63.7 Å². The lowest BCUT2D eigenvalue weighted by Gasteiger charge is -2.09. The van der Waals surface area contributed by atoms with E-state index < -0.39 is 0 Å². The average Bonchev–Trinajstić information content (AvgIpc) is 2.02. The van der Waals surface area contributed by atoms with Gasteiger partial charge in [-0.15, -0.1) is 0 Å². The molecule has 0 atom stereocenters. The summed E-state index contributed by atoms with van der Waals surface area (Å²) in [5.74, 6) is 0.836. The summed E-state index contributed by atoms with van der Waals surface area (Å²) in [5, 5.41) is 0.821. The first-order chi connectivity index (χ1) is 6.15. The summed E-state index contributed by atoms with van der Waals surface area (Å²) in [6.45, 7) is 0.652. The van der Waals surface area contributed by atoms with Crippen LogP contribution in [0.25, 0.3) is 0 Å². The summed E-state index contributed by atoms with van der Waals surface area (Å²) < 4.78 is 8.40. The Labute approximate surface area is 111 Å². The van der Waals surface area contributed by atoms with Crippen molar-refractivity contribution in [3.05, 3.63) is 25.6 Å². The molecule has 0 bridgehead atoms. The van der Waals surface area contributed by atoms with Gasteiger partial charge in [-0.05, 0) is 44.0 Å². The highest BCUT2D eigenvalue weighted by molar-refractivity contribution is 9.11. The van der Waals surface area contributed by atoms with Gasteiger partial charge in [0.1, 0.15) is 5.75 Å². The lowest BCUT2D eigenvalue weighted by atomic mass is 10.3. The van der Waals surface area contributed by atoms with Gasteiger partial charge in [0, 0.05) is 9.80 Å². The van der Waals surface area contributed by atoms with Gasteiger partial charge in [-0.1, -0.05) is 31.9 Å². The Hall–Kier alpha value is 0.940. The minimum Gasteiger partial charge on any atom is -0.490 e. The van der Waals surface area contributed by atoms with E-state index in [2.05, 4.69) is 63.7 Å². The van der Waals surface area contributed by atoms with Gasteiger partial charge in [0.15, 0.2) is 0 Å². The molecule has 0 aliphatic rings. The third-order valence-electron chi connectivity index (χ3n) is 1.29. The van der Waals surface area contributed by atoms with Crippen LogP contribution in [0.2, 0.25) is 0 Å². The van der Waals surface area contributed by atoms with E-state index in [4.69, 9.17) is 4.74 Å². The molecule has 0 unspecified atom stereocenters. The van der Waals surface area contributed by atoms with Crippen LogP contribution < -0.4 is 4.74 Å². The zero-order chi connectivity index (χ0) is 9.84. The number of benzene rings is 1. The van der Waals surface area contributed by atoms with Crippen molar-refractivity contribution in [3.63, 3.8) is 0 Å². The van der Waals surface area contributed by atoms with Crippen molar-refractivity contribution in [1.82, 2.24) is 0 Å². The molecular weight excluding hydrogens is 432 g/mol. The maximum absolute atomic E-state index is 5.51. The smallest absolute Gasteiger partial charge is 0.147 e. The van der Waals surface area contributed by atoms with Crippen molar-refractivity contribution in [2.75, 3.05) is 11.9 Å². The highest BCUT2D eigenvalue weighted by Crippen LogP contribution is 2.36. The van der Waals surface area contributed by atoms with Crippen molar-refractivity contribution in [3.8, 4) is 5.75 Å². The van der Waals surface area contributed by atoms with Crippen LogP contribution in [0.5, 0.6) is 5.75 Å². The quantitative estimate of drug-likeness (QED) is 0.620. The molecule has 0 aliphatic heterocycles. The first-order valence-electron chi connectivity index (χ1n) is 3.48. The first kappa shape index (κ1) is 12.0. The van der Waals surface area contributed by atoms with E-state index in [-0.39, 0.29) is 0 Å². The molecule has 0 radical (unpaired) electrons. The summed E-state index contributed by atoms with van der Waals surface area (Å²) >= 11 is 13.6. The standard InChI is InChI=1S/C8H6Br4O/c9-1-2-13-8-6(11)3-5(10)4-7(8)12/h3-4H,1-2H2. The molecule has 1 nitrogen and oxygen atoms in total. The van der Waals surface area contributed by atoms with E-state index in [0.717, 1.165) is 24.5 Å². The molecule has 0 spiro atoms. The van der Waals surface area contributed by atoms with Crippen LogP contribution in [0.3, 0.4) is 0 Å². The van der Waals surface area contributed by atoms with Crippen LogP contribution in [0.4, 0.5) is 0 Å². The second kappa shape index (κ2) is 5.73. The van der Waals surface area contributed by atoms with Crippen LogP contribution in [0.15, 0.2) is 25.6 Å². The van der Waals surface area contributed by atoms with Gasteiger partial charge in [-0.2, -0.15) is 0 Å². The summed E-state index contributed by atoms with van der Waals surface area (Å²) in [5.41, 5.74) is 0. The molecule has 1 aromatic carbocycles. The molecule has 72 valence electrons. The summed E-state index contributed by atoms with van der Waals surface area (Å²) in [7, 11) is 0. The van der Waals surface area contributed by atoms with E-state index in [1.165, 1.54) is 0 Å². The van der Waals surface area contributed by atoms with Crippen molar-refractivity contribution < 1.29 is 4.74 Å². The number of hydrogen-bond acceptors (Lipinski definition) is 1. The summed E-state index contributed by atoms with van der Waals surface area (Å²) in [4.78, 5) is 0. The molecular formula is C8H6Br4O. The molecule has 0 saturated heterocycles. The lowest BCUT2D eigenvalue weighted by molar-refractivity contribution is 0.340. The molecule has 0 amide bonds. The number of ether oxygens (including phenoxy) is 1. The van der Waals surface area contributed by atoms with E-state index in [1.54, 1.807) is 0 Å². The summed E-state index contributed by atoms with van der Waals surface area (Å²) in [6, 6.07) is 3.91. The predicted octanol–water partition coefficient (Wildman–Crippen LogP) is 4.75. The zero-order valence-corrected chi connectivity index (χ0v) is 12.8. The van der Waals surface area contributed by atoms with Gasteiger partial charge in [-0.3, -0.25) is 0 Å². The average molecular weight is 438 g/mol. The highest BCUT2D eigenvalue weighted by Gasteiger charge is 2.07. The monoisotopic (exact) mass is 434 g/mol. The Balaban J connectivity index is 2.92. The van der Waals surface area contributed by atoms with Crippen molar-refractivity contribution >= 4 is 63.7 Å². The Kier molecular flexibility index (Phi) is 5.30. The molecule has 0 aliphatic carbocycles. The molecule has 0 aromatic heterocycles. The molecule has 1 aromatic rings. The van der Waals surface area contributed by atoms with Crippen molar-refractivity contribution in [2.24, 2.45) is 0 Å². The fourth-order valence-corrected chi connectivity index (χ4v) is 3.46. The molecule has 5 heteroatoms.